The van der Waals surface area contributed by atoms with Crippen molar-refractivity contribution in [2.24, 2.45) is 11.3 Å². The third-order valence-electron chi connectivity index (χ3n) is 4.70. The summed E-state index contributed by atoms with van der Waals surface area (Å²) in [5, 5.41) is 3.33. The summed E-state index contributed by atoms with van der Waals surface area (Å²) < 4.78 is 5.86. The maximum absolute atomic E-state index is 12.5. The van der Waals surface area contributed by atoms with Gasteiger partial charge in [0.05, 0.1) is 5.41 Å². The van der Waals surface area contributed by atoms with Gasteiger partial charge in [-0.2, -0.15) is 0 Å². The van der Waals surface area contributed by atoms with Crippen LogP contribution in [0.5, 0.6) is 0 Å². The van der Waals surface area contributed by atoms with E-state index in [1.807, 2.05) is 0 Å². The molecule has 3 atom stereocenters. The van der Waals surface area contributed by atoms with Crippen LogP contribution in [0.15, 0.2) is 0 Å². The van der Waals surface area contributed by atoms with Crippen LogP contribution in [0.2, 0.25) is 0 Å². The van der Waals surface area contributed by atoms with Gasteiger partial charge in [0.2, 0.25) is 0 Å². The average molecular weight is 253 g/mol. The quantitative estimate of drug-likeness (QED) is 0.783. The molecule has 0 aromatic carbocycles. The van der Waals surface area contributed by atoms with E-state index in [0.29, 0.717) is 5.92 Å². The third kappa shape index (κ3) is 2.87. The monoisotopic (exact) mass is 253 g/mol. The van der Waals surface area contributed by atoms with Gasteiger partial charge in [-0.15, -0.1) is 0 Å². The normalized spacial score (nSPS) is 36.6. The average Bonchev–Trinajstić information content (AvgIpc) is 2.82. The number of carbonyl (C=O) groups is 1. The summed E-state index contributed by atoms with van der Waals surface area (Å²) in [7, 11) is 0. The summed E-state index contributed by atoms with van der Waals surface area (Å²) in [6, 6.07) is 0. The summed E-state index contributed by atoms with van der Waals surface area (Å²) in [4.78, 5) is 12.5. The molecule has 18 heavy (non-hydrogen) atoms. The molecule has 3 heteroatoms. The van der Waals surface area contributed by atoms with E-state index in [0.717, 1.165) is 38.8 Å². The van der Waals surface area contributed by atoms with Crippen LogP contribution in [-0.4, -0.2) is 25.2 Å². The van der Waals surface area contributed by atoms with Gasteiger partial charge < -0.3 is 10.1 Å². The lowest BCUT2D eigenvalue weighted by atomic mass is 9.82. The highest BCUT2D eigenvalue weighted by Gasteiger charge is 2.43. The molecule has 0 radical (unpaired) electrons. The molecule has 0 aromatic rings. The molecule has 104 valence electrons. The highest BCUT2D eigenvalue weighted by molar-refractivity contribution is 5.77. The number of ether oxygens (including phenoxy) is 1. The molecule has 1 N–H and O–H groups in total. The minimum atomic E-state index is -0.230. The van der Waals surface area contributed by atoms with Gasteiger partial charge in [-0.05, 0) is 44.6 Å². The minimum absolute atomic E-state index is 0.0631. The van der Waals surface area contributed by atoms with Crippen LogP contribution in [-0.2, 0) is 9.53 Å². The van der Waals surface area contributed by atoms with Crippen LogP contribution in [0.25, 0.3) is 0 Å². The summed E-state index contributed by atoms with van der Waals surface area (Å²) in [5.74, 6) is 0.601. The van der Waals surface area contributed by atoms with Crippen molar-refractivity contribution < 1.29 is 9.53 Å². The van der Waals surface area contributed by atoms with Gasteiger partial charge in [-0.1, -0.05) is 26.7 Å². The van der Waals surface area contributed by atoms with Gasteiger partial charge in [0.1, 0.15) is 6.10 Å². The van der Waals surface area contributed by atoms with Crippen LogP contribution in [0, 0.1) is 11.3 Å². The Hall–Kier alpha value is -0.570. The van der Waals surface area contributed by atoms with Gasteiger partial charge in [0.25, 0.3) is 0 Å². The fourth-order valence-electron chi connectivity index (χ4n) is 3.43. The zero-order valence-corrected chi connectivity index (χ0v) is 11.8. The summed E-state index contributed by atoms with van der Waals surface area (Å²) in [6.07, 6.45) is 7.88. The molecular formula is C15H27NO2. The molecule has 1 saturated carbocycles. The van der Waals surface area contributed by atoms with Gasteiger partial charge in [-0.25, -0.2) is 0 Å². The van der Waals surface area contributed by atoms with Crippen molar-refractivity contribution in [3.8, 4) is 0 Å². The van der Waals surface area contributed by atoms with Gasteiger partial charge in [0.15, 0.2) is 0 Å². The predicted octanol–water partition coefficient (Wildman–Crippen LogP) is 2.89. The van der Waals surface area contributed by atoms with E-state index in [2.05, 4.69) is 19.2 Å². The molecule has 0 amide bonds. The molecule has 3 nitrogen and oxygen atoms in total. The van der Waals surface area contributed by atoms with E-state index in [9.17, 15) is 4.79 Å². The fraction of sp³-hybridized carbons (Fsp3) is 0.933. The Balaban J connectivity index is 1.96. The van der Waals surface area contributed by atoms with Crippen molar-refractivity contribution in [1.29, 1.82) is 0 Å². The zero-order chi connectivity index (χ0) is 13.0. The first kappa shape index (κ1) is 13.9. The Bertz CT molecular complexity index is 284. The van der Waals surface area contributed by atoms with Crippen molar-refractivity contribution in [2.75, 3.05) is 13.1 Å². The van der Waals surface area contributed by atoms with Crippen molar-refractivity contribution in [3.63, 3.8) is 0 Å². The Labute approximate surface area is 111 Å². The Morgan fingerprint density at radius 1 is 1.39 bits per heavy atom. The number of carbonyl (C=O) groups excluding carboxylic acids is 1. The molecule has 0 bridgehead atoms. The second kappa shape index (κ2) is 6.05. The molecule has 3 unspecified atom stereocenters. The van der Waals surface area contributed by atoms with Crippen LogP contribution in [0.3, 0.4) is 0 Å². The topological polar surface area (TPSA) is 38.3 Å². The molecule has 1 aliphatic carbocycles. The second-order valence-corrected chi connectivity index (χ2v) is 6.16. The molecule has 1 saturated heterocycles. The van der Waals surface area contributed by atoms with Gasteiger partial charge in [-0.3, -0.25) is 4.79 Å². The molecule has 2 aliphatic rings. The SMILES string of the molecule is CCCC1(C(=O)OC2CCCCC2C)CCNC1. The summed E-state index contributed by atoms with van der Waals surface area (Å²) >= 11 is 0. The number of hydrogen-bond acceptors (Lipinski definition) is 3. The molecule has 0 spiro atoms. The van der Waals surface area contributed by atoms with E-state index in [1.165, 1.54) is 19.3 Å². The number of hydrogen-bond donors (Lipinski definition) is 1. The molecular weight excluding hydrogens is 226 g/mol. The van der Waals surface area contributed by atoms with E-state index in [1.54, 1.807) is 0 Å². The lowest BCUT2D eigenvalue weighted by Gasteiger charge is -2.33. The van der Waals surface area contributed by atoms with E-state index < -0.39 is 0 Å². The lowest BCUT2D eigenvalue weighted by molar-refractivity contribution is -0.165. The molecule has 2 fully saturated rings. The van der Waals surface area contributed by atoms with Crippen molar-refractivity contribution in [2.45, 2.75) is 64.9 Å². The van der Waals surface area contributed by atoms with Gasteiger partial charge >= 0.3 is 5.97 Å². The fourth-order valence-corrected chi connectivity index (χ4v) is 3.43. The Morgan fingerprint density at radius 2 is 2.17 bits per heavy atom. The number of rotatable bonds is 4. The molecule has 1 heterocycles. The van der Waals surface area contributed by atoms with Crippen molar-refractivity contribution in [1.82, 2.24) is 5.32 Å². The highest BCUT2D eigenvalue weighted by atomic mass is 16.5. The second-order valence-electron chi connectivity index (χ2n) is 6.16. The minimum Gasteiger partial charge on any atom is -0.462 e. The standard InChI is InChI=1S/C15H27NO2/c1-3-8-15(9-10-16-11-15)14(17)18-13-7-5-4-6-12(13)2/h12-13,16H,3-11H2,1-2H3. The lowest BCUT2D eigenvalue weighted by Crippen LogP contribution is -2.39. The van der Waals surface area contributed by atoms with Crippen molar-refractivity contribution >= 4 is 5.97 Å². The van der Waals surface area contributed by atoms with Crippen LogP contribution in [0.4, 0.5) is 0 Å². The number of nitrogens with one attached hydrogen (secondary N) is 1. The first-order valence-electron chi connectivity index (χ1n) is 7.60. The summed E-state index contributed by atoms with van der Waals surface area (Å²) in [6.45, 7) is 6.13. The Kier molecular flexibility index (Phi) is 4.66. The predicted molar refractivity (Wildman–Crippen MR) is 72.3 cm³/mol. The molecule has 0 aromatic heterocycles. The van der Waals surface area contributed by atoms with E-state index in [-0.39, 0.29) is 17.5 Å². The van der Waals surface area contributed by atoms with Crippen LogP contribution >= 0.6 is 0 Å². The first-order valence-corrected chi connectivity index (χ1v) is 7.60. The maximum Gasteiger partial charge on any atom is 0.313 e. The van der Waals surface area contributed by atoms with Crippen molar-refractivity contribution in [3.05, 3.63) is 0 Å². The largest absolute Gasteiger partial charge is 0.462 e. The third-order valence-corrected chi connectivity index (χ3v) is 4.70. The smallest absolute Gasteiger partial charge is 0.313 e. The van der Waals surface area contributed by atoms with Crippen LogP contribution < -0.4 is 5.32 Å². The Morgan fingerprint density at radius 3 is 2.78 bits per heavy atom. The van der Waals surface area contributed by atoms with E-state index in [4.69, 9.17) is 4.74 Å². The number of esters is 1. The highest BCUT2D eigenvalue weighted by Crippen LogP contribution is 2.35. The van der Waals surface area contributed by atoms with Gasteiger partial charge in [0, 0.05) is 6.54 Å². The summed E-state index contributed by atoms with van der Waals surface area (Å²) in [5.41, 5.74) is -0.230. The maximum atomic E-state index is 12.5. The van der Waals surface area contributed by atoms with Crippen LogP contribution in [0.1, 0.15) is 58.8 Å². The zero-order valence-electron chi connectivity index (χ0n) is 11.8. The first-order chi connectivity index (χ1) is 8.68. The molecule has 1 aliphatic heterocycles. The molecule has 2 rings (SSSR count). The van der Waals surface area contributed by atoms with E-state index >= 15 is 0 Å².